The van der Waals surface area contributed by atoms with Crippen molar-refractivity contribution < 1.29 is 55.7 Å². The van der Waals surface area contributed by atoms with Crippen LogP contribution in [0.4, 0.5) is 13.2 Å². The van der Waals surface area contributed by atoms with Gasteiger partial charge in [-0.3, -0.25) is 23.4 Å². The summed E-state index contributed by atoms with van der Waals surface area (Å²) in [4.78, 5) is 47.3. The van der Waals surface area contributed by atoms with Gasteiger partial charge in [0.2, 0.25) is 11.8 Å². The number of esters is 2. The molecule has 2 heterocycles. The lowest BCUT2D eigenvalue weighted by Gasteiger charge is -2.33. The van der Waals surface area contributed by atoms with E-state index < -0.39 is 56.9 Å². The molecule has 0 aromatic heterocycles. The zero-order valence-electron chi connectivity index (χ0n) is 24.3. The first kappa shape index (κ1) is 34.0. The minimum absolute atomic E-state index is 0.00710. The van der Waals surface area contributed by atoms with Crippen LogP contribution in [0.1, 0.15) is 58.8 Å². The third kappa shape index (κ3) is 8.65. The van der Waals surface area contributed by atoms with Crippen molar-refractivity contribution in [3.63, 3.8) is 0 Å². The molecule has 0 bridgehead atoms. The normalized spacial score (nSPS) is 21.5. The Labute approximate surface area is 258 Å². The van der Waals surface area contributed by atoms with Gasteiger partial charge in [0.15, 0.2) is 0 Å². The highest BCUT2D eigenvalue weighted by molar-refractivity contribution is 8.23. The molecule has 2 aromatic rings. The Hall–Kier alpha value is -3.86. The van der Waals surface area contributed by atoms with Crippen molar-refractivity contribution in [2.75, 3.05) is 26.8 Å². The van der Waals surface area contributed by atoms with E-state index in [4.69, 9.17) is 4.74 Å². The molecular weight excluding hydrogens is 623 g/mol. The van der Waals surface area contributed by atoms with Crippen molar-refractivity contribution in [2.24, 2.45) is 0 Å². The average molecular weight is 658 g/mol. The summed E-state index contributed by atoms with van der Waals surface area (Å²) in [7, 11) is -2.22. The van der Waals surface area contributed by atoms with Gasteiger partial charge in [-0.15, -0.1) is 10.8 Å². The highest BCUT2D eigenvalue weighted by Gasteiger charge is 2.42. The zero-order chi connectivity index (χ0) is 32.8. The Bertz CT molecular complexity index is 1420. The number of hydrogen-bond donors (Lipinski definition) is 5. The lowest BCUT2D eigenvalue weighted by Crippen LogP contribution is -2.51. The largest absolute Gasteiger partial charge is 0.493 e. The standard InChI is InChI=1S/C29H34F3N3O9S/c1-42-26(38)25-20(5-4-6-21(25)44-27(39)29(30,31)32)43-14-3-2-13-33-17-28(12-11-23(36)34-28)16-18-7-9-19(10-8-18)22-15-24(37)35-45(22,40)41/h4-10,22,33,40-41H,2-3,11-17H2,1H3,(H,34,36)(H,35,37). The lowest BCUT2D eigenvalue weighted by atomic mass is 9.88. The van der Waals surface area contributed by atoms with E-state index in [2.05, 4.69) is 24.8 Å². The summed E-state index contributed by atoms with van der Waals surface area (Å²) in [5, 5.41) is 5.70. The van der Waals surface area contributed by atoms with Crippen LogP contribution in [0, 0.1) is 0 Å². The Balaban J connectivity index is 1.28. The predicted molar refractivity (Wildman–Crippen MR) is 156 cm³/mol. The first-order valence-electron chi connectivity index (χ1n) is 14.0. The number of amides is 2. The highest BCUT2D eigenvalue weighted by Crippen LogP contribution is 2.56. The molecular formula is C29H34F3N3O9S. The molecule has 2 unspecified atom stereocenters. The first-order valence-corrected chi connectivity index (χ1v) is 15.7. The number of methoxy groups -OCH3 is 1. The zero-order valence-corrected chi connectivity index (χ0v) is 25.1. The molecule has 2 fully saturated rings. The molecule has 2 atom stereocenters. The van der Waals surface area contributed by atoms with Gasteiger partial charge in [0, 0.05) is 13.0 Å². The third-order valence-electron chi connectivity index (χ3n) is 7.44. The van der Waals surface area contributed by atoms with Crippen molar-refractivity contribution in [1.82, 2.24) is 15.4 Å². The molecule has 0 spiro atoms. The number of ether oxygens (including phenoxy) is 3. The van der Waals surface area contributed by atoms with Crippen LogP contribution < -0.4 is 24.8 Å². The summed E-state index contributed by atoms with van der Waals surface area (Å²) in [6.45, 7) is 1.12. The fraction of sp³-hybridized carbons (Fsp3) is 0.448. The number of hydrogen-bond acceptors (Lipinski definition) is 10. The Kier molecular flexibility index (Phi) is 10.6. The summed E-state index contributed by atoms with van der Waals surface area (Å²) in [5.74, 6) is -4.72. The number of benzene rings is 2. The van der Waals surface area contributed by atoms with Crippen LogP contribution in [0.5, 0.6) is 11.5 Å². The second-order valence-corrected chi connectivity index (χ2v) is 12.8. The van der Waals surface area contributed by atoms with Crippen LogP contribution in [0.2, 0.25) is 0 Å². The Morgan fingerprint density at radius 1 is 1.07 bits per heavy atom. The van der Waals surface area contributed by atoms with Crippen molar-refractivity contribution in [3.05, 3.63) is 59.2 Å². The van der Waals surface area contributed by atoms with Gasteiger partial charge in [0.25, 0.3) is 0 Å². The predicted octanol–water partition coefficient (Wildman–Crippen LogP) is 3.81. The molecule has 0 aliphatic carbocycles. The van der Waals surface area contributed by atoms with Gasteiger partial charge >= 0.3 is 18.1 Å². The van der Waals surface area contributed by atoms with Crippen molar-refractivity contribution in [1.29, 1.82) is 0 Å². The van der Waals surface area contributed by atoms with E-state index in [9.17, 15) is 41.5 Å². The average Bonchev–Trinajstić information content (AvgIpc) is 3.48. The van der Waals surface area contributed by atoms with Crippen LogP contribution in [-0.4, -0.2) is 71.4 Å². The monoisotopic (exact) mass is 657 g/mol. The van der Waals surface area contributed by atoms with Gasteiger partial charge in [0.1, 0.15) is 22.3 Å². The van der Waals surface area contributed by atoms with E-state index in [0.29, 0.717) is 50.8 Å². The number of nitrogens with one attached hydrogen (secondary N) is 3. The van der Waals surface area contributed by atoms with Gasteiger partial charge in [0.05, 0.1) is 25.7 Å². The lowest BCUT2D eigenvalue weighted by molar-refractivity contribution is -0.189. The van der Waals surface area contributed by atoms with Crippen LogP contribution in [-0.2, 0) is 25.5 Å². The second kappa shape index (κ2) is 14.1. The van der Waals surface area contributed by atoms with Gasteiger partial charge in [-0.05, 0) is 55.5 Å². The van der Waals surface area contributed by atoms with Crippen LogP contribution in [0.15, 0.2) is 42.5 Å². The molecule has 2 aliphatic rings. The molecule has 2 aromatic carbocycles. The topological polar surface area (TPSA) is 173 Å². The Morgan fingerprint density at radius 3 is 2.38 bits per heavy atom. The van der Waals surface area contributed by atoms with Gasteiger partial charge in [-0.2, -0.15) is 13.2 Å². The summed E-state index contributed by atoms with van der Waals surface area (Å²) >= 11 is 0. The molecule has 45 heavy (non-hydrogen) atoms. The summed E-state index contributed by atoms with van der Waals surface area (Å²) < 4.78 is 75.2. The smallest absolute Gasteiger partial charge is 0.491 e. The maximum atomic E-state index is 12.7. The summed E-state index contributed by atoms with van der Waals surface area (Å²) in [6, 6.07) is 10.9. The third-order valence-corrected chi connectivity index (χ3v) is 9.20. The number of carbonyl (C=O) groups excluding carboxylic acids is 4. The molecule has 16 heteroatoms. The van der Waals surface area contributed by atoms with Gasteiger partial charge in [-0.1, -0.05) is 30.3 Å². The van der Waals surface area contributed by atoms with Crippen LogP contribution >= 0.6 is 10.8 Å². The molecule has 5 N–H and O–H groups in total. The molecule has 2 aliphatic heterocycles. The minimum Gasteiger partial charge on any atom is -0.493 e. The van der Waals surface area contributed by atoms with E-state index in [-0.39, 0.29) is 24.7 Å². The summed E-state index contributed by atoms with van der Waals surface area (Å²) in [6.07, 6.45) is -2.63. The van der Waals surface area contributed by atoms with E-state index in [1.807, 2.05) is 12.1 Å². The molecule has 0 saturated carbocycles. The van der Waals surface area contributed by atoms with E-state index in [1.165, 1.54) is 12.1 Å². The maximum Gasteiger partial charge on any atom is 0.491 e. The number of carbonyl (C=O) groups is 4. The molecule has 2 amide bonds. The van der Waals surface area contributed by atoms with Crippen molar-refractivity contribution in [3.8, 4) is 11.5 Å². The number of alkyl halides is 3. The van der Waals surface area contributed by atoms with E-state index >= 15 is 0 Å². The van der Waals surface area contributed by atoms with Gasteiger partial charge < -0.3 is 24.8 Å². The fourth-order valence-electron chi connectivity index (χ4n) is 5.25. The highest BCUT2D eigenvalue weighted by atomic mass is 32.3. The molecule has 246 valence electrons. The minimum atomic E-state index is -5.26. The summed E-state index contributed by atoms with van der Waals surface area (Å²) in [5.41, 5.74) is 0.584. The first-order chi connectivity index (χ1) is 21.2. The number of unbranched alkanes of at least 4 members (excludes halogenated alkanes) is 1. The SMILES string of the molecule is COC(=O)c1c(OCCCCNCC2(Cc3ccc(C4CC(=O)NS4(O)O)cc3)CCC(=O)N2)cccc1OC(=O)C(F)(F)F. The number of halogens is 3. The molecule has 12 nitrogen and oxygen atoms in total. The maximum absolute atomic E-state index is 12.7. The fourth-order valence-corrected chi connectivity index (χ4v) is 6.73. The van der Waals surface area contributed by atoms with E-state index in [1.54, 1.807) is 12.1 Å². The van der Waals surface area contributed by atoms with E-state index in [0.717, 1.165) is 18.7 Å². The van der Waals surface area contributed by atoms with Crippen LogP contribution in [0.3, 0.4) is 0 Å². The quantitative estimate of drug-likeness (QED) is 0.121. The van der Waals surface area contributed by atoms with Crippen molar-refractivity contribution in [2.45, 2.75) is 55.5 Å². The molecule has 0 radical (unpaired) electrons. The van der Waals surface area contributed by atoms with Crippen molar-refractivity contribution >= 4 is 34.5 Å². The molecule has 2 saturated heterocycles. The number of rotatable bonds is 13. The van der Waals surface area contributed by atoms with Gasteiger partial charge in [-0.25, -0.2) is 9.59 Å². The Morgan fingerprint density at radius 2 is 1.78 bits per heavy atom. The van der Waals surface area contributed by atoms with Crippen LogP contribution in [0.25, 0.3) is 0 Å². The second-order valence-electron chi connectivity index (χ2n) is 10.8. The molecule has 4 rings (SSSR count).